The third kappa shape index (κ3) is 6.56. The van der Waals surface area contributed by atoms with Gasteiger partial charge < -0.3 is 10.5 Å². The Morgan fingerprint density at radius 2 is 2.00 bits per heavy atom. The van der Waals surface area contributed by atoms with Gasteiger partial charge in [-0.2, -0.15) is 9.78 Å². The molecule has 0 unspecified atom stereocenters. The van der Waals surface area contributed by atoms with E-state index in [4.69, 9.17) is 10.5 Å². The number of benzene rings is 2. The van der Waals surface area contributed by atoms with Crippen molar-refractivity contribution in [1.29, 1.82) is 0 Å². The Balaban J connectivity index is 1.47. The molecule has 0 fully saturated rings. The standard InChI is InChI=1S/C25H26N10O6/c1-4-33(5-2)14-20-21(28-32-34(20)23-22(26)30-41-31-23)24(36)29-27-13-16-7-6-8-18(12-16)40-25(37)17-9-10-19(35(38)39)15(3)11-17/h6-13H,4-5,14H2,1-3H3,(H2,26,30)(H,29,36)/b27-13-. The van der Waals surface area contributed by atoms with Crippen molar-refractivity contribution in [1.82, 2.24) is 35.6 Å². The number of rotatable bonds is 11. The van der Waals surface area contributed by atoms with Gasteiger partial charge in [-0.25, -0.2) is 14.8 Å². The summed E-state index contributed by atoms with van der Waals surface area (Å²) in [6.45, 7) is 7.23. The number of nitrogens with two attached hydrogens (primary N) is 1. The van der Waals surface area contributed by atoms with Crippen molar-refractivity contribution in [2.45, 2.75) is 27.3 Å². The molecule has 4 aromatic rings. The first-order chi connectivity index (χ1) is 19.7. The van der Waals surface area contributed by atoms with Gasteiger partial charge in [-0.15, -0.1) is 5.10 Å². The zero-order valence-electron chi connectivity index (χ0n) is 22.3. The number of carbonyl (C=O) groups is 2. The molecule has 16 heteroatoms. The first-order valence-corrected chi connectivity index (χ1v) is 12.4. The number of aromatic nitrogens is 5. The van der Waals surface area contributed by atoms with Crippen molar-refractivity contribution in [2.75, 3.05) is 18.8 Å². The summed E-state index contributed by atoms with van der Waals surface area (Å²) in [4.78, 5) is 38.1. The fraction of sp³-hybridized carbons (Fsp3) is 0.240. The van der Waals surface area contributed by atoms with Crippen LogP contribution in [0, 0.1) is 17.0 Å². The van der Waals surface area contributed by atoms with Gasteiger partial charge in [0.1, 0.15) is 5.75 Å². The number of aryl methyl sites for hydroxylation is 1. The van der Waals surface area contributed by atoms with Crippen LogP contribution in [0.5, 0.6) is 5.75 Å². The highest BCUT2D eigenvalue weighted by molar-refractivity contribution is 5.94. The molecule has 2 aromatic heterocycles. The Morgan fingerprint density at radius 3 is 2.66 bits per heavy atom. The van der Waals surface area contributed by atoms with Gasteiger partial charge in [0.2, 0.25) is 11.6 Å². The minimum atomic E-state index is -0.683. The number of nitrogens with zero attached hydrogens (tertiary/aromatic N) is 8. The van der Waals surface area contributed by atoms with Crippen molar-refractivity contribution in [3.63, 3.8) is 0 Å². The number of esters is 1. The summed E-state index contributed by atoms with van der Waals surface area (Å²) in [7, 11) is 0. The lowest BCUT2D eigenvalue weighted by Crippen LogP contribution is -2.27. The first kappa shape index (κ1) is 28.5. The predicted octanol–water partition coefficient (Wildman–Crippen LogP) is 2.27. The summed E-state index contributed by atoms with van der Waals surface area (Å²) >= 11 is 0. The van der Waals surface area contributed by atoms with Gasteiger partial charge >= 0.3 is 5.97 Å². The Morgan fingerprint density at radius 1 is 1.22 bits per heavy atom. The Hall–Kier alpha value is -5.51. The highest BCUT2D eigenvalue weighted by Gasteiger charge is 2.25. The molecule has 0 bridgehead atoms. The topological polar surface area (TPSA) is 210 Å². The number of hydrogen-bond acceptors (Lipinski definition) is 13. The highest BCUT2D eigenvalue weighted by Crippen LogP contribution is 2.21. The van der Waals surface area contributed by atoms with E-state index in [1.807, 2.05) is 18.7 Å². The van der Waals surface area contributed by atoms with Gasteiger partial charge in [0.15, 0.2) is 5.69 Å². The molecular weight excluding hydrogens is 536 g/mol. The van der Waals surface area contributed by atoms with Crippen LogP contribution in [0.2, 0.25) is 0 Å². The maximum Gasteiger partial charge on any atom is 0.343 e. The number of carbonyl (C=O) groups excluding carboxylic acids is 2. The number of nitrogen functional groups attached to an aromatic ring is 1. The molecule has 0 radical (unpaired) electrons. The molecule has 0 aliphatic carbocycles. The molecule has 212 valence electrons. The van der Waals surface area contributed by atoms with E-state index in [0.29, 0.717) is 36.5 Å². The molecule has 0 saturated heterocycles. The van der Waals surface area contributed by atoms with E-state index in [9.17, 15) is 19.7 Å². The molecule has 0 saturated carbocycles. The fourth-order valence-electron chi connectivity index (χ4n) is 3.82. The van der Waals surface area contributed by atoms with Crippen LogP contribution < -0.4 is 15.9 Å². The average Bonchev–Trinajstić information content (AvgIpc) is 3.56. The fourth-order valence-corrected chi connectivity index (χ4v) is 3.82. The van der Waals surface area contributed by atoms with E-state index < -0.39 is 16.8 Å². The highest BCUT2D eigenvalue weighted by atomic mass is 16.6. The summed E-state index contributed by atoms with van der Waals surface area (Å²) < 4.78 is 11.4. The smallest absolute Gasteiger partial charge is 0.343 e. The molecule has 2 heterocycles. The van der Waals surface area contributed by atoms with E-state index in [1.54, 1.807) is 18.2 Å². The number of nitrogens with one attached hydrogen (secondary N) is 1. The molecular formula is C25H26N10O6. The van der Waals surface area contributed by atoms with Crippen LogP contribution in [0.4, 0.5) is 11.5 Å². The summed E-state index contributed by atoms with van der Waals surface area (Å²) in [5, 5.41) is 30.3. The van der Waals surface area contributed by atoms with Crippen LogP contribution in [0.1, 0.15) is 51.5 Å². The third-order valence-electron chi connectivity index (χ3n) is 6.02. The predicted molar refractivity (Wildman–Crippen MR) is 145 cm³/mol. The summed E-state index contributed by atoms with van der Waals surface area (Å²) in [6.07, 6.45) is 1.36. The summed E-state index contributed by atoms with van der Waals surface area (Å²) in [6, 6.07) is 10.4. The third-order valence-corrected chi connectivity index (χ3v) is 6.02. The zero-order chi connectivity index (χ0) is 29.5. The molecule has 41 heavy (non-hydrogen) atoms. The number of ether oxygens (including phenoxy) is 1. The molecule has 0 aliphatic rings. The molecule has 0 spiro atoms. The number of anilines is 1. The van der Waals surface area contributed by atoms with Gasteiger partial charge in [-0.1, -0.05) is 31.2 Å². The SMILES string of the molecule is CCN(CC)Cc1c(C(=O)N/N=C\c2cccc(OC(=O)c3ccc([N+](=O)[O-])c(C)c3)c2)nnn1-c1nonc1N. The minimum Gasteiger partial charge on any atom is -0.423 e. The molecule has 4 rings (SSSR count). The van der Waals surface area contributed by atoms with Crippen molar-refractivity contribution in [3.8, 4) is 11.6 Å². The average molecular weight is 563 g/mol. The van der Waals surface area contributed by atoms with E-state index in [2.05, 4.69) is 35.8 Å². The number of hydrogen-bond donors (Lipinski definition) is 2. The Labute approximate surface area is 232 Å². The van der Waals surface area contributed by atoms with Crippen molar-refractivity contribution in [3.05, 3.63) is 80.7 Å². The monoisotopic (exact) mass is 562 g/mol. The van der Waals surface area contributed by atoms with Crippen LogP contribution in [0.25, 0.3) is 5.82 Å². The van der Waals surface area contributed by atoms with Gasteiger partial charge in [0.05, 0.1) is 22.4 Å². The van der Waals surface area contributed by atoms with Crippen LogP contribution >= 0.6 is 0 Å². The molecule has 2 aromatic carbocycles. The maximum atomic E-state index is 13.0. The number of amides is 1. The lowest BCUT2D eigenvalue weighted by atomic mass is 10.1. The molecule has 16 nitrogen and oxygen atoms in total. The second-order valence-electron chi connectivity index (χ2n) is 8.65. The largest absolute Gasteiger partial charge is 0.423 e. The molecule has 1 amide bonds. The van der Waals surface area contributed by atoms with Gasteiger partial charge in [0.25, 0.3) is 11.6 Å². The Bertz CT molecular complexity index is 1610. The normalized spacial score (nSPS) is 11.2. The molecule has 0 atom stereocenters. The van der Waals surface area contributed by atoms with Crippen molar-refractivity contribution < 1.29 is 23.9 Å². The number of nitro benzene ring substituents is 1. The molecule has 3 N–H and O–H groups in total. The Kier molecular flexibility index (Phi) is 8.73. The second-order valence-corrected chi connectivity index (χ2v) is 8.65. The quantitative estimate of drug-likeness (QED) is 0.0886. The van der Waals surface area contributed by atoms with Crippen LogP contribution in [-0.2, 0) is 6.54 Å². The summed E-state index contributed by atoms with van der Waals surface area (Å²) in [5.74, 6) is -0.995. The van der Waals surface area contributed by atoms with Gasteiger partial charge in [-0.3, -0.25) is 19.8 Å². The van der Waals surface area contributed by atoms with Crippen molar-refractivity contribution in [2.24, 2.45) is 5.10 Å². The lowest BCUT2D eigenvalue weighted by molar-refractivity contribution is -0.385. The maximum absolute atomic E-state index is 13.0. The van der Waals surface area contributed by atoms with Crippen LogP contribution in [0.15, 0.2) is 52.2 Å². The first-order valence-electron chi connectivity index (χ1n) is 12.4. The van der Waals surface area contributed by atoms with E-state index in [1.165, 1.54) is 42.1 Å². The van der Waals surface area contributed by atoms with Crippen LogP contribution in [0.3, 0.4) is 0 Å². The lowest BCUT2D eigenvalue weighted by Gasteiger charge is -2.18. The second kappa shape index (κ2) is 12.6. The van der Waals surface area contributed by atoms with Crippen molar-refractivity contribution >= 4 is 29.6 Å². The molecule has 0 aliphatic heterocycles. The number of hydrazone groups is 1. The van der Waals surface area contributed by atoms with E-state index in [-0.39, 0.29) is 34.3 Å². The van der Waals surface area contributed by atoms with Gasteiger partial charge in [0, 0.05) is 18.2 Å². The van der Waals surface area contributed by atoms with Crippen LogP contribution in [-0.4, -0.2) is 66.3 Å². The number of nitro groups is 1. The zero-order valence-corrected chi connectivity index (χ0v) is 22.3. The minimum absolute atomic E-state index is 0.00929. The van der Waals surface area contributed by atoms with Gasteiger partial charge in [-0.05, 0) is 60.2 Å². The van der Waals surface area contributed by atoms with E-state index in [0.717, 1.165) is 0 Å². The summed E-state index contributed by atoms with van der Waals surface area (Å²) in [5.41, 5.74) is 9.59. The van der Waals surface area contributed by atoms with E-state index >= 15 is 0 Å².